The zero-order chi connectivity index (χ0) is 14.2. The van der Waals surface area contributed by atoms with Crippen molar-refractivity contribution in [1.29, 1.82) is 0 Å². The molecule has 5 heteroatoms. The minimum absolute atomic E-state index is 0.163. The minimum atomic E-state index is -0.916. The molecule has 2 rings (SSSR count). The zero-order valence-electron chi connectivity index (χ0n) is 10.8. The number of rotatable bonds is 4. The summed E-state index contributed by atoms with van der Waals surface area (Å²) in [7, 11) is 1.65. The number of amides is 1. The molecule has 1 amide bonds. The van der Waals surface area contributed by atoms with Gasteiger partial charge in [0.15, 0.2) is 0 Å². The van der Waals surface area contributed by atoms with Gasteiger partial charge in [-0.2, -0.15) is 0 Å². The fraction of sp³-hybridized carbons (Fsp3) is 0.429. The van der Waals surface area contributed by atoms with Gasteiger partial charge in [-0.3, -0.25) is 9.59 Å². The number of nitrogens with zero attached hydrogens (tertiary/aromatic N) is 1. The molecule has 1 fully saturated rings. The number of carboxylic acid groups (broad SMARTS) is 1. The molecule has 1 unspecified atom stereocenters. The molecule has 1 aromatic rings. The Morgan fingerprint density at radius 2 is 1.89 bits per heavy atom. The Kier molecular flexibility index (Phi) is 3.55. The normalized spacial score (nSPS) is 22.7. The van der Waals surface area contributed by atoms with Gasteiger partial charge in [0.1, 0.15) is 5.82 Å². The predicted molar refractivity (Wildman–Crippen MR) is 66.8 cm³/mol. The molecule has 0 radical (unpaired) electrons. The molecule has 4 nitrogen and oxygen atoms in total. The van der Waals surface area contributed by atoms with Crippen molar-refractivity contribution in [3.05, 3.63) is 35.6 Å². The lowest BCUT2D eigenvalue weighted by molar-refractivity contribution is -0.142. The Labute approximate surface area is 110 Å². The summed E-state index contributed by atoms with van der Waals surface area (Å²) in [6.45, 7) is 1.84. The standard InChI is InChI=1S/C14H16FNO3/c1-8(9-3-5-10(15)6-4-9)16(2)13(17)11-7-12(11)14(18)19/h3-6,8,11-12H,7H2,1-2H3,(H,18,19)/t8?,11-,12+/m1/s1. The molecule has 1 aliphatic rings. The quantitative estimate of drug-likeness (QED) is 0.906. The van der Waals surface area contributed by atoms with Crippen molar-refractivity contribution in [2.45, 2.75) is 19.4 Å². The molecule has 19 heavy (non-hydrogen) atoms. The van der Waals surface area contributed by atoms with E-state index in [4.69, 9.17) is 5.11 Å². The summed E-state index contributed by atoms with van der Waals surface area (Å²) in [5, 5.41) is 8.83. The van der Waals surface area contributed by atoms with Crippen molar-refractivity contribution in [3.63, 3.8) is 0 Å². The minimum Gasteiger partial charge on any atom is -0.481 e. The molecule has 0 aliphatic heterocycles. The van der Waals surface area contributed by atoms with Crippen LogP contribution < -0.4 is 0 Å². The number of benzene rings is 1. The Morgan fingerprint density at radius 1 is 1.32 bits per heavy atom. The molecular formula is C14H16FNO3. The van der Waals surface area contributed by atoms with E-state index in [1.54, 1.807) is 19.2 Å². The average molecular weight is 265 g/mol. The molecule has 0 heterocycles. The number of aliphatic carboxylic acids is 1. The van der Waals surface area contributed by atoms with E-state index in [2.05, 4.69) is 0 Å². The molecule has 102 valence electrons. The van der Waals surface area contributed by atoms with Gasteiger partial charge in [0.05, 0.1) is 17.9 Å². The van der Waals surface area contributed by atoms with Gasteiger partial charge in [0, 0.05) is 7.05 Å². The van der Waals surface area contributed by atoms with Crippen molar-refractivity contribution >= 4 is 11.9 Å². The molecular weight excluding hydrogens is 249 g/mol. The first-order chi connectivity index (χ1) is 8.91. The highest BCUT2D eigenvalue weighted by Crippen LogP contribution is 2.41. The van der Waals surface area contributed by atoms with Gasteiger partial charge >= 0.3 is 5.97 Å². The van der Waals surface area contributed by atoms with E-state index in [0.29, 0.717) is 6.42 Å². The fourth-order valence-electron chi connectivity index (χ4n) is 2.16. The summed E-state index contributed by atoms with van der Waals surface area (Å²) >= 11 is 0. The molecule has 3 atom stereocenters. The number of hydrogen-bond acceptors (Lipinski definition) is 2. The van der Waals surface area contributed by atoms with Crippen LogP contribution in [-0.2, 0) is 9.59 Å². The maximum atomic E-state index is 12.8. The van der Waals surface area contributed by atoms with Crippen LogP contribution in [0.5, 0.6) is 0 Å². The lowest BCUT2D eigenvalue weighted by Gasteiger charge is -2.25. The van der Waals surface area contributed by atoms with Gasteiger partial charge in [-0.15, -0.1) is 0 Å². The molecule has 1 saturated carbocycles. The third-order valence-corrected chi connectivity index (χ3v) is 3.71. The van der Waals surface area contributed by atoms with Crippen LogP contribution in [0.4, 0.5) is 4.39 Å². The van der Waals surface area contributed by atoms with Crippen LogP contribution in [0, 0.1) is 17.7 Å². The summed E-state index contributed by atoms with van der Waals surface area (Å²) in [6.07, 6.45) is 0.411. The van der Waals surface area contributed by atoms with E-state index < -0.39 is 17.8 Å². The Morgan fingerprint density at radius 3 is 2.37 bits per heavy atom. The van der Waals surface area contributed by atoms with E-state index in [0.717, 1.165) is 5.56 Å². The summed E-state index contributed by atoms with van der Waals surface area (Å²) in [5.41, 5.74) is 0.824. The number of hydrogen-bond donors (Lipinski definition) is 1. The smallest absolute Gasteiger partial charge is 0.307 e. The highest BCUT2D eigenvalue weighted by atomic mass is 19.1. The monoisotopic (exact) mass is 265 g/mol. The largest absolute Gasteiger partial charge is 0.481 e. The fourth-order valence-corrected chi connectivity index (χ4v) is 2.16. The van der Waals surface area contributed by atoms with Crippen LogP contribution >= 0.6 is 0 Å². The predicted octanol–water partition coefficient (Wildman–Crippen LogP) is 2.07. The van der Waals surface area contributed by atoms with Crippen molar-refractivity contribution in [2.24, 2.45) is 11.8 Å². The average Bonchev–Trinajstić information content (AvgIpc) is 3.17. The number of halogens is 1. The van der Waals surface area contributed by atoms with E-state index in [9.17, 15) is 14.0 Å². The third-order valence-electron chi connectivity index (χ3n) is 3.71. The summed E-state index contributed by atoms with van der Waals surface area (Å²) in [5.74, 6) is -2.36. The van der Waals surface area contributed by atoms with Gasteiger partial charge in [-0.25, -0.2) is 4.39 Å². The van der Waals surface area contributed by atoms with E-state index >= 15 is 0 Å². The molecule has 0 spiro atoms. The molecule has 1 aromatic carbocycles. The Bertz CT molecular complexity index is 500. The topological polar surface area (TPSA) is 57.6 Å². The van der Waals surface area contributed by atoms with E-state index in [-0.39, 0.29) is 17.8 Å². The molecule has 0 bridgehead atoms. The SMILES string of the molecule is CC(c1ccc(F)cc1)N(C)C(=O)[C@@H]1C[C@@H]1C(=O)O. The summed E-state index contributed by atoms with van der Waals surface area (Å²) < 4.78 is 12.8. The van der Waals surface area contributed by atoms with Crippen LogP contribution in [0.15, 0.2) is 24.3 Å². The molecule has 1 aliphatic carbocycles. The van der Waals surface area contributed by atoms with Crippen LogP contribution in [0.25, 0.3) is 0 Å². The van der Waals surface area contributed by atoms with Gasteiger partial charge in [-0.05, 0) is 31.0 Å². The second-order valence-electron chi connectivity index (χ2n) is 4.96. The molecule has 0 aromatic heterocycles. The number of carboxylic acids is 1. The van der Waals surface area contributed by atoms with Crippen LogP contribution in [0.1, 0.15) is 24.9 Å². The second-order valence-corrected chi connectivity index (χ2v) is 4.96. The van der Waals surface area contributed by atoms with Gasteiger partial charge in [0.25, 0.3) is 0 Å². The molecule has 0 saturated heterocycles. The van der Waals surface area contributed by atoms with Crippen LogP contribution in [0.3, 0.4) is 0 Å². The maximum absolute atomic E-state index is 12.8. The number of carbonyl (C=O) groups is 2. The maximum Gasteiger partial charge on any atom is 0.307 e. The van der Waals surface area contributed by atoms with Crippen molar-refractivity contribution < 1.29 is 19.1 Å². The van der Waals surface area contributed by atoms with Crippen molar-refractivity contribution in [3.8, 4) is 0 Å². The second kappa shape index (κ2) is 4.99. The van der Waals surface area contributed by atoms with Crippen molar-refractivity contribution in [1.82, 2.24) is 4.90 Å². The lowest BCUT2D eigenvalue weighted by atomic mass is 10.1. The summed E-state index contributed by atoms with van der Waals surface area (Å²) in [6, 6.07) is 5.75. The number of carbonyl (C=O) groups excluding carboxylic acids is 1. The first kappa shape index (κ1) is 13.5. The van der Waals surface area contributed by atoms with Gasteiger partial charge in [-0.1, -0.05) is 12.1 Å². The van der Waals surface area contributed by atoms with Crippen LogP contribution in [-0.4, -0.2) is 28.9 Å². The first-order valence-corrected chi connectivity index (χ1v) is 6.16. The van der Waals surface area contributed by atoms with Crippen molar-refractivity contribution in [2.75, 3.05) is 7.05 Å². The van der Waals surface area contributed by atoms with E-state index in [1.807, 2.05) is 6.92 Å². The Hall–Kier alpha value is -1.91. The summed E-state index contributed by atoms with van der Waals surface area (Å²) in [4.78, 5) is 24.4. The highest BCUT2D eigenvalue weighted by Gasteiger charge is 2.49. The Balaban J connectivity index is 2.03. The third kappa shape index (κ3) is 2.75. The zero-order valence-corrected chi connectivity index (χ0v) is 10.8. The van der Waals surface area contributed by atoms with Crippen LogP contribution in [0.2, 0.25) is 0 Å². The highest BCUT2D eigenvalue weighted by molar-refractivity contribution is 5.89. The van der Waals surface area contributed by atoms with E-state index in [1.165, 1.54) is 17.0 Å². The van der Waals surface area contributed by atoms with Gasteiger partial charge in [0.2, 0.25) is 5.91 Å². The van der Waals surface area contributed by atoms with Gasteiger partial charge < -0.3 is 10.0 Å². The first-order valence-electron chi connectivity index (χ1n) is 6.16. The lowest BCUT2D eigenvalue weighted by Crippen LogP contribution is -2.31. The molecule has 1 N–H and O–H groups in total.